The molecule has 1 amide bonds. The maximum absolute atomic E-state index is 13.9. The number of esters is 1. The first-order chi connectivity index (χ1) is 19.9. The minimum atomic E-state index is -0.339. The van der Waals surface area contributed by atoms with Crippen molar-refractivity contribution in [3.05, 3.63) is 89.5 Å². The Kier molecular flexibility index (Phi) is 8.84. The van der Waals surface area contributed by atoms with Crippen LogP contribution in [0.4, 0.5) is 11.4 Å². The second kappa shape index (κ2) is 12.9. The van der Waals surface area contributed by atoms with Gasteiger partial charge in [0.2, 0.25) is 5.91 Å². The molecule has 0 unspecified atom stereocenters. The van der Waals surface area contributed by atoms with E-state index < -0.39 is 0 Å². The molecule has 6 heteroatoms. The van der Waals surface area contributed by atoms with Crippen LogP contribution in [0.5, 0.6) is 0 Å². The highest BCUT2D eigenvalue weighted by molar-refractivity contribution is 5.95. The number of hydrogen-bond donors (Lipinski definition) is 0. The summed E-state index contributed by atoms with van der Waals surface area (Å²) in [6.45, 7) is 0.362. The molecule has 2 fully saturated rings. The van der Waals surface area contributed by atoms with Crippen molar-refractivity contribution >= 4 is 29.3 Å². The molecule has 3 aromatic rings. The fourth-order valence-corrected chi connectivity index (χ4v) is 5.37. The van der Waals surface area contributed by atoms with Gasteiger partial charge in [-0.2, -0.15) is 5.26 Å². The van der Waals surface area contributed by atoms with Gasteiger partial charge in [0.1, 0.15) is 6.10 Å². The van der Waals surface area contributed by atoms with Gasteiger partial charge in [-0.15, -0.1) is 0 Å². The lowest BCUT2D eigenvalue weighted by Crippen LogP contribution is -2.36. The van der Waals surface area contributed by atoms with Crippen molar-refractivity contribution < 1.29 is 14.3 Å². The predicted molar refractivity (Wildman–Crippen MR) is 163 cm³/mol. The van der Waals surface area contributed by atoms with E-state index in [0.29, 0.717) is 12.1 Å². The Labute approximate surface area is 242 Å². The first-order valence-electron chi connectivity index (χ1n) is 14.5. The third-order valence-corrected chi connectivity index (χ3v) is 7.86. The van der Waals surface area contributed by atoms with Crippen LogP contribution in [0.15, 0.2) is 72.8 Å². The lowest BCUT2D eigenvalue weighted by Gasteiger charge is -2.30. The summed E-state index contributed by atoms with van der Waals surface area (Å²) in [5.74, 6) is -0.240. The summed E-state index contributed by atoms with van der Waals surface area (Å²) < 4.78 is 5.32. The van der Waals surface area contributed by atoms with Crippen LogP contribution in [-0.2, 0) is 20.9 Å². The highest BCUT2D eigenvalue weighted by Gasteiger charge is 2.28. The minimum absolute atomic E-state index is 0.0126. The van der Waals surface area contributed by atoms with E-state index >= 15 is 0 Å². The molecule has 41 heavy (non-hydrogen) atoms. The SMILES string of the molecule is CN(C)c1ccc(-c2ccc(CN(C(=O)C3CCCCC3)c3cccc(/C=C/C(=O)OC4CC4)c3)cc2C#N)cc1. The molecule has 2 aliphatic rings. The fourth-order valence-electron chi connectivity index (χ4n) is 5.37. The van der Waals surface area contributed by atoms with Crippen LogP contribution in [0.3, 0.4) is 0 Å². The molecule has 0 spiro atoms. The molecule has 5 rings (SSSR count). The Bertz CT molecular complexity index is 1460. The van der Waals surface area contributed by atoms with E-state index in [2.05, 4.69) is 6.07 Å². The molecule has 210 valence electrons. The van der Waals surface area contributed by atoms with Gasteiger partial charge in [-0.1, -0.05) is 55.7 Å². The molecule has 0 aliphatic heterocycles. The Morgan fingerprint density at radius 1 is 0.927 bits per heavy atom. The number of carbonyl (C=O) groups is 2. The maximum Gasteiger partial charge on any atom is 0.331 e. The quantitative estimate of drug-likeness (QED) is 0.211. The van der Waals surface area contributed by atoms with Gasteiger partial charge in [-0.05, 0) is 84.3 Å². The number of anilines is 2. The third-order valence-electron chi connectivity index (χ3n) is 7.86. The van der Waals surface area contributed by atoms with Crippen LogP contribution in [0, 0.1) is 17.2 Å². The Morgan fingerprint density at radius 2 is 1.68 bits per heavy atom. The van der Waals surface area contributed by atoms with E-state index in [1.807, 2.05) is 90.6 Å². The number of rotatable bonds is 9. The van der Waals surface area contributed by atoms with Crippen molar-refractivity contribution in [2.45, 2.75) is 57.6 Å². The molecule has 0 heterocycles. The Hall–Kier alpha value is -4.37. The number of benzene rings is 3. The average Bonchev–Trinajstić information content (AvgIpc) is 3.83. The van der Waals surface area contributed by atoms with Gasteiger partial charge in [-0.3, -0.25) is 4.79 Å². The van der Waals surface area contributed by atoms with E-state index in [1.165, 1.54) is 12.5 Å². The highest BCUT2D eigenvalue weighted by atomic mass is 16.5. The van der Waals surface area contributed by atoms with E-state index in [0.717, 1.165) is 72.2 Å². The van der Waals surface area contributed by atoms with Gasteiger partial charge >= 0.3 is 5.97 Å². The maximum atomic E-state index is 13.9. The number of hydrogen-bond acceptors (Lipinski definition) is 5. The van der Waals surface area contributed by atoms with Crippen LogP contribution in [0.2, 0.25) is 0 Å². The van der Waals surface area contributed by atoms with Crippen molar-refractivity contribution in [1.29, 1.82) is 5.26 Å². The third kappa shape index (κ3) is 7.24. The van der Waals surface area contributed by atoms with Crippen LogP contribution >= 0.6 is 0 Å². The lowest BCUT2D eigenvalue weighted by atomic mass is 9.88. The summed E-state index contributed by atoms with van der Waals surface area (Å²) in [5, 5.41) is 10.0. The molecule has 0 saturated heterocycles. The highest BCUT2D eigenvalue weighted by Crippen LogP contribution is 2.31. The molecule has 2 saturated carbocycles. The smallest absolute Gasteiger partial charge is 0.331 e. The molecule has 0 N–H and O–H groups in total. The molecule has 6 nitrogen and oxygen atoms in total. The monoisotopic (exact) mass is 547 g/mol. The second-order valence-corrected chi connectivity index (χ2v) is 11.3. The van der Waals surface area contributed by atoms with Gasteiger partial charge < -0.3 is 14.5 Å². The molecule has 0 bridgehead atoms. The van der Waals surface area contributed by atoms with Crippen molar-refractivity contribution in [3.63, 3.8) is 0 Å². The normalized spacial score (nSPS) is 15.3. The number of ether oxygens (including phenoxy) is 1. The van der Waals surface area contributed by atoms with E-state index in [1.54, 1.807) is 6.08 Å². The average molecular weight is 548 g/mol. The zero-order chi connectivity index (χ0) is 28.8. The molecule has 3 aromatic carbocycles. The second-order valence-electron chi connectivity index (χ2n) is 11.3. The van der Waals surface area contributed by atoms with Crippen LogP contribution in [0.25, 0.3) is 17.2 Å². The van der Waals surface area contributed by atoms with Crippen molar-refractivity contribution in [2.75, 3.05) is 23.9 Å². The summed E-state index contributed by atoms with van der Waals surface area (Å²) in [6.07, 6.45) is 10.2. The largest absolute Gasteiger partial charge is 0.459 e. The van der Waals surface area contributed by atoms with Gasteiger partial charge in [0, 0.05) is 37.5 Å². The van der Waals surface area contributed by atoms with Crippen molar-refractivity contribution in [3.8, 4) is 17.2 Å². The van der Waals surface area contributed by atoms with Gasteiger partial charge in [0.25, 0.3) is 0 Å². The summed E-state index contributed by atoms with van der Waals surface area (Å²) >= 11 is 0. The summed E-state index contributed by atoms with van der Waals surface area (Å²) in [6, 6.07) is 24.1. The van der Waals surface area contributed by atoms with E-state index in [-0.39, 0.29) is 23.9 Å². The van der Waals surface area contributed by atoms with Gasteiger partial charge in [0.05, 0.1) is 18.2 Å². The van der Waals surface area contributed by atoms with Gasteiger partial charge in [0.15, 0.2) is 0 Å². The van der Waals surface area contributed by atoms with Crippen molar-refractivity contribution in [1.82, 2.24) is 0 Å². The first kappa shape index (κ1) is 28.2. The molecular weight excluding hydrogens is 510 g/mol. The standard InChI is InChI=1S/C35H37N3O3/c1-37(2)30-15-13-27(14-16-30)33-19-11-26(21-29(33)23-36)24-38(35(40)28-8-4-3-5-9-28)31-10-6-7-25(22-31)12-20-34(39)41-32-17-18-32/h6-7,10-16,19-22,28,32H,3-5,8-9,17-18,24H2,1-2H3/b20-12+. The zero-order valence-electron chi connectivity index (χ0n) is 23.9. The lowest BCUT2D eigenvalue weighted by molar-refractivity contribution is -0.138. The summed E-state index contributed by atoms with van der Waals surface area (Å²) in [4.78, 5) is 29.9. The summed E-state index contributed by atoms with van der Waals surface area (Å²) in [7, 11) is 4.00. The van der Waals surface area contributed by atoms with Crippen molar-refractivity contribution in [2.24, 2.45) is 5.92 Å². The van der Waals surface area contributed by atoms with E-state index in [4.69, 9.17) is 4.74 Å². The summed E-state index contributed by atoms with van der Waals surface area (Å²) in [5.41, 5.74) is 6.03. The molecule has 2 aliphatic carbocycles. The van der Waals surface area contributed by atoms with E-state index in [9.17, 15) is 14.9 Å². The topological polar surface area (TPSA) is 73.6 Å². The predicted octanol–water partition coefficient (Wildman–Crippen LogP) is 7.12. The number of carbonyl (C=O) groups excluding carboxylic acids is 2. The Morgan fingerprint density at radius 3 is 2.37 bits per heavy atom. The number of amides is 1. The van der Waals surface area contributed by atoms with Gasteiger partial charge in [-0.25, -0.2) is 4.79 Å². The first-order valence-corrected chi connectivity index (χ1v) is 14.5. The number of nitriles is 1. The fraction of sp³-hybridized carbons (Fsp3) is 0.343. The zero-order valence-corrected chi connectivity index (χ0v) is 23.9. The van der Waals surface area contributed by atoms with Crippen LogP contribution in [0.1, 0.15) is 61.6 Å². The molecule has 0 radical (unpaired) electrons. The Balaban J connectivity index is 1.42. The molecule has 0 atom stereocenters. The van der Waals surface area contributed by atoms with Crippen LogP contribution in [-0.4, -0.2) is 32.1 Å². The van der Waals surface area contributed by atoms with Crippen LogP contribution < -0.4 is 9.80 Å². The number of nitrogens with zero attached hydrogens (tertiary/aromatic N) is 3. The minimum Gasteiger partial charge on any atom is -0.459 e. The molecule has 0 aromatic heterocycles. The molecular formula is C35H37N3O3.